The maximum absolute atomic E-state index is 3.28. The molecule has 0 aliphatic rings. The van der Waals surface area contributed by atoms with Crippen molar-refractivity contribution in [1.82, 2.24) is 4.98 Å². The van der Waals surface area contributed by atoms with Gasteiger partial charge in [-0.3, -0.25) is 0 Å². The maximum atomic E-state index is 3.28. The van der Waals surface area contributed by atoms with Crippen LogP contribution in [0.2, 0.25) is 0 Å². The average molecular weight is 185 g/mol. The number of H-pyrrole nitrogens is 1. The maximum Gasteiger partial charge on any atom is 0.0489 e. The summed E-state index contributed by atoms with van der Waals surface area (Å²) in [6.07, 6.45) is 5.27. The van der Waals surface area contributed by atoms with E-state index in [1.54, 1.807) is 0 Å². The Labute approximate surface area is 84.5 Å². The molecule has 0 spiro atoms. The van der Waals surface area contributed by atoms with Crippen molar-refractivity contribution in [3.05, 3.63) is 47.7 Å². The number of benzene rings is 1. The Kier molecular flexibility index (Phi) is 2.40. The molecule has 0 aliphatic heterocycles. The Balaban J connectivity index is 2.41. The lowest BCUT2D eigenvalue weighted by Crippen LogP contribution is -1.83. The van der Waals surface area contributed by atoms with Crippen LogP contribution < -0.4 is 0 Å². The first-order valence-corrected chi connectivity index (χ1v) is 4.96. The van der Waals surface area contributed by atoms with Crippen LogP contribution in [0.15, 0.2) is 42.1 Å². The third kappa shape index (κ3) is 1.72. The van der Waals surface area contributed by atoms with Crippen LogP contribution in [0.1, 0.15) is 19.4 Å². The van der Waals surface area contributed by atoms with Gasteiger partial charge in [-0.25, -0.2) is 0 Å². The molecule has 1 heterocycles. The monoisotopic (exact) mass is 185 g/mol. The standard InChI is InChI=1S/C13H15N/c1-10(2)6-7-11-4-3-5-12-8-9-14-13(11)12/h3-6,8-9,14H,7H2,1-2H3. The third-order valence-electron chi connectivity index (χ3n) is 2.40. The first-order chi connectivity index (χ1) is 6.77. The molecule has 0 fully saturated rings. The minimum absolute atomic E-state index is 1.01. The zero-order valence-electron chi connectivity index (χ0n) is 8.67. The van der Waals surface area contributed by atoms with Crippen LogP contribution in [0.25, 0.3) is 10.9 Å². The zero-order valence-corrected chi connectivity index (χ0v) is 8.67. The van der Waals surface area contributed by atoms with E-state index < -0.39 is 0 Å². The van der Waals surface area contributed by atoms with Crippen molar-refractivity contribution in [2.45, 2.75) is 20.3 Å². The number of fused-ring (bicyclic) bond motifs is 1. The van der Waals surface area contributed by atoms with E-state index in [0.29, 0.717) is 0 Å². The van der Waals surface area contributed by atoms with Crippen molar-refractivity contribution in [3.8, 4) is 0 Å². The molecule has 0 aliphatic carbocycles. The Morgan fingerprint density at radius 1 is 1.29 bits per heavy atom. The number of aromatic amines is 1. The van der Waals surface area contributed by atoms with Gasteiger partial charge in [-0.15, -0.1) is 0 Å². The fraction of sp³-hybridized carbons (Fsp3) is 0.231. The quantitative estimate of drug-likeness (QED) is 0.687. The van der Waals surface area contributed by atoms with E-state index in [4.69, 9.17) is 0 Å². The summed E-state index contributed by atoms with van der Waals surface area (Å²) in [5.41, 5.74) is 4.01. The number of hydrogen-bond donors (Lipinski definition) is 1. The molecule has 2 rings (SSSR count). The number of nitrogens with one attached hydrogen (secondary N) is 1. The van der Waals surface area contributed by atoms with Crippen LogP contribution in [0.5, 0.6) is 0 Å². The van der Waals surface area contributed by atoms with Crippen LogP contribution in [-0.4, -0.2) is 4.98 Å². The summed E-state index contributed by atoms with van der Waals surface area (Å²) in [6, 6.07) is 8.54. The van der Waals surface area contributed by atoms with Gasteiger partial charge in [-0.05, 0) is 37.3 Å². The molecule has 0 atom stereocenters. The predicted molar refractivity (Wildman–Crippen MR) is 61.4 cm³/mol. The molecule has 2 aromatic rings. The smallest absolute Gasteiger partial charge is 0.0489 e. The van der Waals surface area contributed by atoms with Gasteiger partial charge in [0.1, 0.15) is 0 Å². The van der Waals surface area contributed by atoms with Gasteiger partial charge in [0.05, 0.1) is 0 Å². The third-order valence-corrected chi connectivity index (χ3v) is 2.40. The highest BCUT2D eigenvalue weighted by Gasteiger charge is 1.98. The van der Waals surface area contributed by atoms with Crippen LogP contribution >= 0.6 is 0 Å². The molecule has 1 heteroatoms. The van der Waals surface area contributed by atoms with Crippen LogP contribution in [0, 0.1) is 0 Å². The SMILES string of the molecule is CC(C)=CCc1cccc2cc[nH]c12. The highest BCUT2D eigenvalue weighted by molar-refractivity contribution is 5.82. The second-order valence-electron chi connectivity index (χ2n) is 3.84. The summed E-state index contributed by atoms with van der Waals surface area (Å²) < 4.78 is 0. The molecular formula is C13H15N. The van der Waals surface area contributed by atoms with E-state index in [9.17, 15) is 0 Å². The molecular weight excluding hydrogens is 170 g/mol. The van der Waals surface area contributed by atoms with E-state index in [2.05, 4.69) is 49.2 Å². The second kappa shape index (κ2) is 3.70. The van der Waals surface area contributed by atoms with E-state index in [-0.39, 0.29) is 0 Å². The average Bonchev–Trinajstić information content (AvgIpc) is 2.62. The topological polar surface area (TPSA) is 15.8 Å². The van der Waals surface area contributed by atoms with Crippen molar-refractivity contribution >= 4 is 10.9 Å². The Morgan fingerprint density at radius 2 is 2.14 bits per heavy atom. The highest BCUT2D eigenvalue weighted by Crippen LogP contribution is 2.17. The summed E-state index contributed by atoms with van der Waals surface area (Å²) in [4.78, 5) is 3.28. The number of hydrogen-bond acceptors (Lipinski definition) is 0. The number of rotatable bonds is 2. The molecule has 1 aromatic heterocycles. The minimum atomic E-state index is 1.01. The van der Waals surface area contributed by atoms with Crippen molar-refractivity contribution in [2.75, 3.05) is 0 Å². The molecule has 1 N–H and O–H groups in total. The predicted octanol–water partition coefficient (Wildman–Crippen LogP) is 3.68. The lowest BCUT2D eigenvalue weighted by molar-refractivity contribution is 1.22. The molecule has 1 nitrogen and oxygen atoms in total. The summed E-state index contributed by atoms with van der Waals surface area (Å²) in [5.74, 6) is 0. The van der Waals surface area contributed by atoms with Gasteiger partial charge in [-0.1, -0.05) is 29.8 Å². The van der Waals surface area contributed by atoms with Gasteiger partial charge in [-0.2, -0.15) is 0 Å². The van der Waals surface area contributed by atoms with Gasteiger partial charge in [0, 0.05) is 11.7 Å². The van der Waals surface area contributed by atoms with Gasteiger partial charge < -0.3 is 4.98 Å². The molecule has 0 unspecified atom stereocenters. The van der Waals surface area contributed by atoms with Crippen LogP contribution in [0.4, 0.5) is 0 Å². The molecule has 72 valence electrons. The van der Waals surface area contributed by atoms with Crippen LogP contribution in [0.3, 0.4) is 0 Å². The van der Waals surface area contributed by atoms with Gasteiger partial charge in [0.15, 0.2) is 0 Å². The van der Waals surface area contributed by atoms with E-state index >= 15 is 0 Å². The molecule has 0 radical (unpaired) electrons. The Morgan fingerprint density at radius 3 is 2.93 bits per heavy atom. The first-order valence-electron chi connectivity index (χ1n) is 4.96. The number of para-hydroxylation sites is 1. The van der Waals surface area contributed by atoms with Crippen molar-refractivity contribution in [2.24, 2.45) is 0 Å². The molecule has 0 saturated carbocycles. The Hall–Kier alpha value is -1.50. The highest BCUT2D eigenvalue weighted by atomic mass is 14.7. The summed E-state index contributed by atoms with van der Waals surface area (Å²) in [7, 11) is 0. The Bertz CT molecular complexity index is 459. The van der Waals surface area contributed by atoms with Gasteiger partial charge >= 0.3 is 0 Å². The lowest BCUT2D eigenvalue weighted by Gasteiger charge is -1.99. The largest absolute Gasteiger partial charge is 0.361 e. The normalized spacial score (nSPS) is 10.4. The first kappa shape index (κ1) is 9.07. The summed E-state index contributed by atoms with van der Waals surface area (Å²) in [5, 5.41) is 1.30. The van der Waals surface area contributed by atoms with Crippen LogP contribution in [-0.2, 0) is 6.42 Å². The van der Waals surface area contributed by atoms with Crippen molar-refractivity contribution in [3.63, 3.8) is 0 Å². The summed E-state index contributed by atoms with van der Waals surface area (Å²) >= 11 is 0. The van der Waals surface area contributed by atoms with E-state index in [1.807, 2.05) is 6.20 Å². The lowest BCUT2D eigenvalue weighted by atomic mass is 10.1. The van der Waals surface area contributed by atoms with Crippen molar-refractivity contribution in [1.29, 1.82) is 0 Å². The van der Waals surface area contributed by atoms with E-state index in [1.165, 1.54) is 22.0 Å². The van der Waals surface area contributed by atoms with Gasteiger partial charge in [0.2, 0.25) is 0 Å². The second-order valence-corrected chi connectivity index (χ2v) is 3.84. The number of aromatic nitrogens is 1. The molecule has 0 saturated heterocycles. The molecule has 0 amide bonds. The molecule has 14 heavy (non-hydrogen) atoms. The van der Waals surface area contributed by atoms with E-state index in [0.717, 1.165) is 6.42 Å². The minimum Gasteiger partial charge on any atom is -0.361 e. The fourth-order valence-corrected chi connectivity index (χ4v) is 1.63. The van der Waals surface area contributed by atoms with Gasteiger partial charge in [0.25, 0.3) is 0 Å². The number of allylic oxidation sites excluding steroid dienone is 2. The summed E-state index contributed by atoms with van der Waals surface area (Å²) in [6.45, 7) is 4.27. The fourth-order valence-electron chi connectivity index (χ4n) is 1.63. The zero-order chi connectivity index (χ0) is 9.97. The molecule has 1 aromatic carbocycles. The van der Waals surface area contributed by atoms with Crippen molar-refractivity contribution < 1.29 is 0 Å². The molecule has 0 bridgehead atoms.